The average molecular weight is 360 g/mol. The van der Waals surface area contributed by atoms with Crippen molar-refractivity contribution in [2.45, 2.75) is 26.8 Å². The summed E-state index contributed by atoms with van der Waals surface area (Å²) in [5, 5.41) is 0. The van der Waals surface area contributed by atoms with Crippen molar-refractivity contribution in [3.63, 3.8) is 0 Å². The first-order valence-electron chi connectivity index (χ1n) is 8.02. The van der Waals surface area contributed by atoms with Gasteiger partial charge in [0, 0.05) is 12.7 Å². The maximum absolute atomic E-state index is 12.9. The van der Waals surface area contributed by atoms with E-state index in [2.05, 4.69) is 0 Å². The van der Waals surface area contributed by atoms with Crippen LogP contribution in [0.2, 0.25) is 0 Å². The summed E-state index contributed by atoms with van der Waals surface area (Å²) in [5.74, 6) is -0.294. The Morgan fingerprint density at radius 2 is 1.64 bits per heavy atom. The summed E-state index contributed by atoms with van der Waals surface area (Å²) in [6.07, 6.45) is 1.13. The van der Waals surface area contributed by atoms with Gasteiger partial charge in [0.15, 0.2) is 0 Å². The Morgan fingerprint density at radius 1 is 1.04 bits per heavy atom. The summed E-state index contributed by atoms with van der Waals surface area (Å²) in [4.78, 5) is 14.4. The first kappa shape index (κ1) is 19.0. The fraction of sp³-hybridized carbons (Fsp3) is 0.316. The van der Waals surface area contributed by atoms with Crippen molar-refractivity contribution in [1.82, 2.24) is 0 Å². The predicted octanol–water partition coefficient (Wildman–Crippen LogP) is 3.12. The molecule has 0 spiro atoms. The SMILES string of the molecule is Cc1ccc(C)c(N(C(C)C(=O)N(C)c2ccccc2)S(C)(=O)=O)c1. The summed E-state index contributed by atoms with van der Waals surface area (Å²) in [6.45, 7) is 5.35. The van der Waals surface area contributed by atoms with E-state index in [0.717, 1.165) is 17.4 Å². The molecule has 0 bridgehead atoms. The topological polar surface area (TPSA) is 57.7 Å². The molecule has 25 heavy (non-hydrogen) atoms. The number of hydrogen-bond donors (Lipinski definition) is 0. The van der Waals surface area contributed by atoms with Crippen LogP contribution in [0.15, 0.2) is 48.5 Å². The molecule has 1 unspecified atom stereocenters. The molecule has 134 valence electrons. The van der Waals surface area contributed by atoms with Gasteiger partial charge in [-0.1, -0.05) is 30.3 Å². The van der Waals surface area contributed by atoms with E-state index < -0.39 is 16.1 Å². The van der Waals surface area contributed by atoms with Gasteiger partial charge in [-0.25, -0.2) is 8.42 Å². The van der Waals surface area contributed by atoms with Crippen LogP contribution in [0.1, 0.15) is 18.1 Å². The summed E-state index contributed by atoms with van der Waals surface area (Å²) >= 11 is 0. The van der Waals surface area contributed by atoms with E-state index in [1.165, 1.54) is 9.21 Å². The number of sulfonamides is 1. The highest BCUT2D eigenvalue weighted by molar-refractivity contribution is 7.92. The first-order chi connectivity index (χ1) is 11.6. The number of likely N-dealkylation sites (N-methyl/N-ethyl adjacent to an activating group) is 1. The third kappa shape index (κ3) is 4.20. The minimum Gasteiger partial charge on any atom is -0.314 e. The minimum absolute atomic E-state index is 0.294. The molecule has 0 radical (unpaired) electrons. The lowest BCUT2D eigenvalue weighted by atomic mass is 10.1. The van der Waals surface area contributed by atoms with Crippen molar-refractivity contribution in [1.29, 1.82) is 0 Å². The van der Waals surface area contributed by atoms with Crippen molar-refractivity contribution in [2.24, 2.45) is 0 Å². The lowest BCUT2D eigenvalue weighted by molar-refractivity contribution is -0.119. The van der Waals surface area contributed by atoms with E-state index in [9.17, 15) is 13.2 Å². The van der Waals surface area contributed by atoms with Crippen LogP contribution in [0.25, 0.3) is 0 Å². The smallest absolute Gasteiger partial charge is 0.250 e. The van der Waals surface area contributed by atoms with Crippen molar-refractivity contribution in [3.05, 3.63) is 59.7 Å². The minimum atomic E-state index is -3.63. The van der Waals surface area contributed by atoms with Crippen LogP contribution in [0.4, 0.5) is 11.4 Å². The number of anilines is 2. The Balaban J connectivity index is 2.45. The number of benzene rings is 2. The first-order valence-corrected chi connectivity index (χ1v) is 9.87. The molecule has 0 N–H and O–H groups in total. The van der Waals surface area contributed by atoms with Crippen molar-refractivity contribution in [3.8, 4) is 0 Å². The van der Waals surface area contributed by atoms with Gasteiger partial charge in [0.1, 0.15) is 6.04 Å². The third-order valence-corrected chi connectivity index (χ3v) is 5.37. The maximum Gasteiger partial charge on any atom is 0.250 e. The lowest BCUT2D eigenvalue weighted by Gasteiger charge is -2.32. The zero-order chi connectivity index (χ0) is 18.8. The molecule has 0 heterocycles. The number of carbonyl (C=O) groups excluding carboxylic acids is 1. The van der Waals surface area contributed by atoms with Gasteiger partial charge < -0.3 is 4.90 Å². The third-order valence-electron chi connectivity index (χ3n) is 4.14. The van der Waals surface area contributed by atoms with Crippen LogP contribution >= 0.6 is 0 Å². The number of rotatable bonds is 5. The Kier molecular flexibility index (Phi) is 5.52. The lowest BCUT2D eigenvalue weighted by Crippen LogP contribution is -2.48. The molecular weight excluding hydrogens is 336 g/mol. The summed E-state index contributed by atoms with van der Waals surface area (Å²) in [7, 11) is -1.98. The van der Waals surface area contributed by atoms with Crippen molar-refractivity contribution < 1.29 is 13.2 Å². The average Bonchev–Trinajstić information content (AvgIpc) is 2.56. The zero-order valence-corrected chi connectivity index (χ0v) is 16.0. The Bertz CT molecular complexity index is 863. The molecule has 2 aromatic carbocycles. The highest BCUT2D eigenvalue weighted by atomic mass is 32.2. The van der Waals surface area contributed by atoms with Crippen LogP contribution in [-0.2, 0) is 14.8 Å². The van der Waals surface area contributed by atoms with Gasteiger partial charge in [0.05, 0.1) is 11.9 Å². The molecular formula is C19H24N2O3S. The molecule has 0 aliphatic rings. The van der Waals surface area contributed by atoms with Gasteiger partial charge in [0.2, 0.25) is 15.9 Å². The van der Waals surface area contributed by atoms with Crippen LogP contribution in [-0.4, -0.2) is 33.7 Å². The van der Waals surface area contributed by atoms with Crippen molar-refractivity contribution >= 4 is 27.3 Å². The standard InChI is InChI=1S/C19H24N2O3S/c1-14-11-12-15(2)18(13-14)21(25(5,23)24)16(3)19(22)20(4)17-9-7-6-8-10-17/h6-13,16H,1-5H3. The Hall–Kier alpha value is -2.34. The van der Waals surface area contributed by atoms with Crippen molar-refractivity contribution in [2.75, 3.05) is 22.5 Å². The highest BCUT2D eigenvalue weighted by Gasteiger charge is 2.32. The van der Waals surface area contributed by atoms with E-state index in [-0.39, 0.29) is 5.91 Å². The van der Waals surface area contributed by atoms with Gasteiger partial charge in [-0.3, -0.25) is 9.10 Å². The molecule has 0 fully saturated rings. The number of hydrogen-bond acceptors (Lipinski definition) is 3. The number of amides is 1. The van der Waals surface area contributed by atoms with E-state index in [1.807, 2.05) is 56.3 Å². The van der Waals surface area contributed by atoms with E-state index in [0.29, 0.717) is 11.4 Å². The van der Waals surface area contributed by atoms with Gasteiger partial charge in [-0.15, -0.1) is 0 Å². The number of nitrogens with zero attached hydrogens (tertiary/aromatic N) is 2. The van der Waals surface area contributed by atoms with Crippen LogP contribution in [0.3, 0.4) is 0 Å². The molecule has 0 aromatic heterocycles. The molecule has 1 atom stereocenters. The molecule has 0 saturated heterocycles. The fourth-order valence-corrected chi connectivity index (χ4v) is 4.01. The van der Waals surface area contributed by atoms with Gasteiger partial charge >= 0.3 is 0 Å². The normalized spacial score (nSPS) is 12.5. The molecule has 0 aliphatic heterocycles. The molecule has 2 aromatic rings. The quantitative estimate of drug-likeness (QED) is 0.823. The molecule has 6 heteroatoms. The number of aryl methyl sites for hydroxylation is 2. The summed E-state index contributed by atoms with van der Waals surface area (Å²) in [5.41, 5.74) is 2.99. The van der Waals surface area contributed by atoms with E-state index in [1.54, 1.807) is 20.0 Å². The molecule has 5 nitrogen and oxygen atoms in total. The Morgan fingerprint density at radius 3 is 2.20 bits per heavy atom. The second kappa shape index (κ2) is 7.27. The maximum atomic E-state index is 12.9. The van der Waals surface area contributed by atoms with Crippen LogP contribution in [0.5, 0.6) is 0 Å². The van der Waals surface area contributed by atoms with Crippen LogP contribution in [0, 0.1) is 13.8 Å². The van der Waals surface area contributed by atoms with Gasteiger partial charge in [0.25, 0.3) is 0 Å². The largest absolute Gasteiger partial charge is 0.314 e. The van der Waals surface area contributed by atoms with E-state index in [4.69, 9.17) is 0 Å². The number of para-hydroxylation sites is 1. The summed E-state index contributed by atoms with van der Waals surface area (Å²) in [6, 6.07) is 13.9. The molecule has 2 rings (SSSR count). The molecule has 0 aliphatic carbocycles. The zero-order valence-electron chi connectivity index (χ0n) is 15.2. The van der Waals surface area contributed by atoms with Gasteiger partial charge in [-0.2, -0.15) is 0 Å². The fourth-order valence-electron chi connectivity index (χ4n) is 2.79. The van der Waals surface area contributed by atoms with Crippen LogP contribution < -0.4 is 9.21 Å². The Labute approximate surface area is 149 Å². The number of carbonyl (C=O) groups is 1. The predicted molar refractivity (Wildman–Crippen MR) is 103 cm³/mol. The highest BCUT2D eigenvalue weighted by Crippen LogP contribution is 2.27. The van der Waals surface area contributed by atoms with E-state index >= 15 is 0 Å². The molecule has 0 saturated carbocycles. The second-order valence-corrected chi connectivity index (χ2v) is 8.12. The molecule has 1 amide bonds. The van der Waals surface area contributed by atoms with Gasteiger partial charge in [-0.05, 0) is 50.1 Å². The summed E-state index contributed by atoms with van der Waals surface area (Å²) < 4.78 is 26.1. The second-order valence-electron chi connectivity index (χ2n) is 6.26. The monoisotopic (exact) mass is 360 g/mol.